The molecule has 0 atom stereocenters. The van der Waals surface area contributed by atoms with Gasteiger partial charge in [-0.1, -0.05) is 181 Å². The average molecular weight is 1130 g/mol. The maximum atomic E-state index is 7.15. The molecule has 0 spiro atoms. The number of aromatic nitrogens is 4. The van der Waals surface area contributed by atoms with Crippen molar-refractivity contribution in [2.24, 2.45) is 0 Å². The van der Waals surface area contributed by atoms with Crippen molar-refractivity contribution in [1.82, 2.24) is 14.1 Å². The van der Waals surface area contributed by atoms with Crippen molar-refractivity contribution in [3.8, 4) is 50.9 Å². The van der Waals surface area contributed by atoms with Crippen LogP contribution in [0.25, 0.3) is 94.2 Å². The van der Waals surface area contributed by atoms with Gasteiger partial charge in [0, 0.05) is 43.9 Å². The van der Waals surface area contributed by atoms with Crippen LogP contribution in [0.15, 0.2) is 180 Å². The molecule has 0 amide bonds. The van der Waals surface area contributed by atoms with Gasteiger partial charge in [-0.15, -0.1) is 29.7 Å². The van der Waals surface area contributed by atoms with Gasteiger partial charge in [0.05, 0.1) is 28.1 Å². The van der Waals surface area contributed by atoms with Crippen molar-refractivity contribution in [1.29, 1.82) is 0 Å². The Kier molecular flexibility index (Phi) is 11.0. The van der Waals surface area contributed by atoms with Crippen LogP contribution in [-0.4, -0.2) is 14.1 Å². The van der Waals surface area contributed by atoms with Gasteiger partial charge in [-0.3, -0.25) is 4.57 Å². The largest absolute Gasteiger partial charge is 0.512 e. The third-order valence-corrected chi connectivity index (χ3v) is 15.3. The average Bonchev–Trinajstić information content (AvgIpc) is 4.07. The van der Waals surface area contributed by atoms with Crippen molar-refractivity contribution in [2.45, 2.75) is 77.6 Å². The smallest absolute Gasteiger partial charge is 0.268 e. The van der Waals surface area contributed by atoms with Crippen molar-refractivity contribution in [3.63, 3.8) is 0 Å². The molecule has 0 fully saturated rings. The number of hydrogen-bond donors (Lipinski definition) is 0. The molecule has 0 unspecified atom stereocenters. The Bertz CT molecular complexity index is 4060. The number of pyridine rings is 1. The molecular weight excluding hydrogens is 1080 g/mol. The van der Waals surface area contributed by atoms with E-state index in [4.69, 9.17) is 14.1 Å². The van der Waals surface area contributed by atoms with E-state index >= 15 is 0 Å². The van der Waals surface area contributed by atoms with E-state index in [2.05, 4.69) is 244 Å². The van der Waals surface area contributed by atoms with Crippen LogP contribution in [0.2, 0.25) is 0 Å². The zero-order chi connectivity index (χ0) is 49.1. The molecule has 8 aromatic carbocycles. The molecule has 0 saturated heterocycles. The second kappa shape index (κ2) is 17.3. The number of fused-ring (bicyclic) bond motifs is 8. The summed E-state index contributed by atoms with van der Waals surface area (Å²) >= 11 is 0. The fraction of sp³-hybridized carbons (Fsp3) is 0.182. The van der Waals surface area contributed by atoms with Crippen molar-refractivity contribution in [2.75, 3.05) is 0 Å². The molecule has 0 bridgehead atoms. The molecular formula is C66H54N4O2Pt-2. The molecule has 0 N–H and O–H groups in total. The second-order valence-electron chi connectivity index (χ2n) is 21.9. The predicted octanol–water partition coefficient (Wildman–Crippen LogP) is 16.5. The first kappa shape index (κ1) is 46.5. The summed E-state index contributed by atoms with van der Waals surface area (Å²) in [6.45, 7) is 16.2. The summed E-state index contributed by atoms with van der Waals surface area (Å²) in [4.78, 5) is 4.94. The second-order valence-corrected chi connectivity index (χ2v) is 21.9. The molecule has 1 aliphatic carbocycles. The van der Waals surface area contributed by atoms with Gasteiger partial charge in [0.1, 0.15) is 11.4 Å². The molecule has 1 aliphatic rings. The summed E-state index contributed by atoms with van der Waals surface area (Å²) in [6, 6.07) is 67.6. The van der Waals surface area contributed by atoms with Gasteiger partial charge in [0.15, 0.2) is 0 Å². The number of para-hydroxylation sites is 4. The van der Waals surface area contributed by atoms with Crippen LogP contribution in [0, 0.1) is 18.5 Å². The van der Waals surface area contributed by atoms with Crippen LogP contribution in [0.5, 0.6) is 11.5 Å². The van der Waals surface area contributed by atoms with E-state index in [9.17, 15) is 0 Å². The Morgan fingerprint density at radius 3 is 1.96 bits per heavy atom. The molecule has 4 aromatic heterocycles. The molecule has 7 heteroatoms. The zero-order valence-electron chi connectivity index (χ0n) is 42.1. The monoisotopic (exact) mass is 1130 g/mol. The number of furan rings is 1. The molecule has 12 aromatic rings. The quantitative estimate of drug-likeness (QED) is 0.118. The first-order valence-corrected chi connectivity index (χ1v) is 25.1. The summed E-state index contributed by atoms with van der Waals surface area (Å²) < 4.78 is 20.7. The summed E-state index contributed by atoms with van der Waals surface area (Å²) in [6.07, 6.45) is 8.00. The first-order chi connectivity index (χ1) is 34.8. The number of hydrogen-bond acceptors (Lipinski definition) is 3. The summed E-state index contributed by atoms with van der Waals surface area (Å²) in [5.41, 5.74) is 15.4. The van der Waals surface area contributed by atoms with E-state index < -0.39 is 0 Å². The van der Waals surface area contributed by atoms with Crippen molar-refractivity contribution >= 4 is 54.8 Å². The van der Waals surface area contributed by atoms with Crippen LogP contribution in [0.3, 0.4) is 0 Å². The number of ether oxygens (including phenoxy) is 1. The maximum absolute atomic E-state index is 7.15. The molecule has 73 heavy (non-hydrogen) atoms. The van der Waals surface area contributed by atoms with E-state index in [1.807, 2.05) is 12.3 Å². The standard InChI is InChI=1S/C66H54N4O2.Pt/c1-64(2,3)44-31-34-67-61(35-44)70-55-26-15-14-23-49(55)50-30-29-46(38-58(50)70)71-60-37-45(36-52-51-39-53-54(40-59(51)72-63(52)60)66(6,7)33-32-65(53,4)5)68-41-69(57-28-17-16-27-56(57)68)62-47(42-19-10-8-11-20-42)24-18-25-48(62)43-21-12-9-13-22-43;/h8-31,34-36,39-40H,32-33H2,1-7H3;/q-2;. The fourth-order valence-corrected chi connectivity index (χ4v) is 11.2. The van der Waals surface area contributed by atoms with Crippen LogP contribution in [-0.2, 0) is 37.3 Å². The third kappa shape index (κ3) is 7.72. The minimum atomic E-state index is -0.0603. The number of rotatable bonds is 7. The van der Waals surface area contributed by atoms with Gasteiger partial charge in [-0.25, -0.2) is 4.98 Å². The zero-order valence-corrected chi connectivity index (χ0v) is 44.4. The topological polar surface area (TPSA) is 49.0 Å². The van der Waals surface area contributed by atoms with Crippen LogP contribution in [0.1, 0.15) is 78.0 Å². The predicted molar refractivity (Wildman–Crippen MR) is 292 cm³/mol. The molecule has 4 heterocycles. The fourth-order valence-electron chi connectivity index (χ4n) is 11.2. The number of benzene rings is 8. The Balaban J connectivity index is 0.00000543. The Hall–Kier alpha value is -7.53. The minimum absolute atomic E-state index is 0. The van der Waals surface area contributed by atoms with Crippen LogP contribution in [0.4, 0.5) is 0 Å². The van der Waals surface area contributed by atoms with Gasteiger partial charge in [-0.05, 0) is 109 Å². The van der Waals surface area contributed by atoms with Gasteiger partial charge in [-0.2, -0.15) is 6.07 Å². The van der Waals surface area contributed by atoms with E-state index in [1.165, 1.54) is 16.7 Å². The Morgan fingerprint density at radius 1 is 0.616 bits per heavy atom. The van der Waals surface area contributed by atoms with Crippen molar-refractivity contribution in [3.05, 3.63) is 211 Å². The Labute approximate surface area is 440 Å². The Morgan fingerprint density at radius 2 is 1.26 bits per heavy atom. The minimum Gasteiger partial charge on any atom is -0.512 e. The van der Waals surface area contributed by atoms with Gasteiger partial charge in [0.25, 0.3) is 6.33 Å². The summed E-state index contributed by atoms with van der Waals surface area (Å²) in [5, 5.41) is 4.17. The van der Waals surface area contributed by atoms with E-state index in [1.54, 1.807) is 0 Å². The normalized spacial score (nSPS) is 14.2. The maximum Gasteiger partial charge on any atom is 0.268 e. The van der Waals surface area contributed by atoms with E-state index in [-0.39, 0.29) is 37.3 Å². The number of imidazole rings is 1. The van der Waals surface area contributed by atoms with E-state index in [0.717, 1.165) is 101 Å². The summed E-state index contributed by atoms with van der Waals surface area (Å²) in [5.74, 6) is 1.84. The third-order valence-electron chi connectivity index (χ3n) is 15.3. The molecule has 0 radical (unpaired) electrons. The van der Waals surface area contributed by atoms with Gasteiger partial charge < -0.3 is 18.3 Å². The SMILES string of the molecule is CC(C)(C)c1ccnc(-n2c3[c-]c(Oc4[c-]c(-[n+]5[c-]n(-c6c(-c7ccccc7)cccc6-c6ccccc6)c6ccccc65)cc5c4oc4cc6c(cc45)C(C)(C)CCC6(C)C)ccc3c3ccccc32)c1.[Pt]. The van der Waals surface area contributed by atoms with E-state index in [0.29, 0.717) is 17.1 Å². The molecule has 0 aliphatic heterocycles. The van der Waals surface area contributed by atoms with Gasteiger partial charge >= 0.3 is 0 Å². The van der Waals surface area contributed by atoms with Crippen LogP contribution < -0.4 is 9.30 Å². The van der Waals surface area contributed by atoms with Crippen LogP contribution >= 0.6 is 0 Å². The number of nitrogens with zero attached hydrogens (tertiary/aromatic N) is 4. The molecule has 362 valence electrons. The summed E-state index contributed by atoms with van der Waals surface area (Å²) in [7, 11) is 0. The first-order valence-electron chi connectivity index (χ1n) is 25.1. The molecule has 13 rings (SSSR count). The van der Waals surface area contributed by atoms with Gasteiger partial charge in [0.2, 0.25) is 0 Å². The molecule has 6 nitrogen and oxygen atoms in total. The van der Waals surface area contributed by atoms with Crippen molar-refractivity contribution < 1.29 is 34.8 Å². The molecule has 0 saturated carbocycles.